The predicted molar refractivity (Wildman–Crippen MR) is 81.1 cm³/mol. The van der Waals surface area contributed by atoms with Crippen LogP contribution in [0.1, 0.15) is 21.6 Å². The van der Waals surface area contributed by atoms with Crippen molar-refractivity contribution in [3.05, 3.63) is 65.7 Å². The zero-order valence-corrected chi connectivity index (χ0v) is 12.3. The van der Waals surface area contributed by atoms with Crippen molar-refractivity contribution in [3.63, 3.8) is 0 Å². The van der Waals surface area contributed by atoms with Gasteiger partial charge in [-0.05, 0) is 17.2 Å². The number of nitrogens with zero attached hydrogens (tertiary/aromatic N) is 5. The van der Waals surface area contributed by atoms with Gasteiger partial charge in [-0.1, -0.05) is 29.5 Å². The summed E-state index contributed by atoms with van der Waals surface area (Å²) in [7, 11) is 0. The Balaban J connectivity index is 0.00000176. The van der Waals surface area contributed by atoms with Gasteiger partial charge in [0.15, 0.2) is 5.69 Å². The molecule has 0 spiro atoms. The lowest BCUT2D eigenvalue weighted by Crippen LogP contribution is -2.02. The van der Waals surface area contributed by atoms with Crippen LogP contribution < -0.4 is 0 Å². The molecule has 0 aliphatic rings. The molecule has 2 heterocycles. The second-order valence-electron chi connectivity index (χ2n) is 4.63. The van der Waals surface area contributed by atoms with Crippen LogP contribution in [0.15, 0.2) is 48.9 Å². The van der Waals surface area contributed by atoms with Gasteiger partial charge in [0.25, 0.3) is 0 Å². The second-order valence-corrected chi connectivity index (χ2v) is 4.63. The first kappa shape index (κ1) is 15.7. The molecule has 8 heteroatoms. The first-order valence-electron chi connectivity index (χ1n) is 6.39. The Bertz CT molecular complexity index is 737. The van der Waals surface area contributed by atoms with Crippen molar-refractivity contribution in [1.82, 2.24) is 24.8 Å². The number of benzene rings is 1. The van der Waals surface area contributed by atoms with Crippen molar-refractivity contribution in [2.24, 2.45) is 0 Å². The van der Waals surface area contributed by atoms with E-state index in [1.165, 1.54) is 10.9 Å². The van der Waals surface area contributed by atoms with Gasteiger partial charge in [0.1, 0.15) is 0 Å². The molecule has 3 rings (SSSR count). The summed E-state index contributed by atoms with van der Waals surface area (Å²) in [5, 5.41) is 20.3. The summed E-state index contributed by atoms with van der Waals surface area (Å²) in [4.78, 5) is 10.7. The van der Waals surface area contributed by atoms with Gasteiger partial charge in [0, 0.05) is 12.4 Å². The molecular weight excluding hydrogens is 306 g/mol. The van der Waals surface area contributed by atoms with Crippen LogP contribution in [0.3, 0.4) is 0 Å². The lowest BCUT2D eigenvalue weighted by atomic mass is 10.1. The quantitative estimate of drug-likeness (QED) is 0.773. The third-order valence-electron chi connectivity index (χ3n) is 3.03. The van der Waals surface area contributed by atoms with Gasteiger partial charge in [-0.2, -0.15) is 5.10 Å². The number of carbonyl (C=O) groups is 1. The summed E-state index contributed by atoms with van der Waals surface area (Å²) >= 11 is 0. The fourth-order valence-electron chi connectivity index (χ4n) is 1.99. The van der Waals surface area contributed by atoms with Crippen LogP contribution >= 0.6 is 12.4 Å². The Kier molecular flexibility index (Phi) is 4.90. The third kappa shape index (κ3) is 3.70. The Hall–Kier alpha value is -2.67. The van der Waals surface area contributed by atoms with E-state index in [0.717, 1.165) is 17.7 Å². The van der Waals surface area contributed by atoms with E-state index in [1.54, 1.807) is 6.20 Å². The minimum absolute atomic E-state index is 0. The molecule has 1 aromatic carbocycles. The van der Waals surface area contributed by atoms with Crippen molar-refractivity contribution in [1.29, 1.82) is 0 Å². The van der Waals surface area contributed by atoms with E-state index in [4.69, 9.17) is 5.11 Å². The number of rotatable bonds is 5. The number of carboxylic acid groups (broad SMARTS) is 1. The molecule has 0 saturated carbocycles. The minimum Gasteiger partial charge on any atom is -0.476 e. The molecule has 0 bridgehead atoms. The van der Waals surface area contributed by atoms with Gasteiger partial charge in [-0.15, -0.1) is 17.5 Å². The second kappa shape index (κ2) is 6.86. The molecule has 0 unspecified atom stereocenters. The molecule has 1 N–H and O–H groups in total. The summed E-state index contributed by atoms with van der Waals surface area (Å²) in [6, 6.07) is 9.90. The predicted octanol–water partition coefficient (Wildman–Crippen LogP) is 1.69. The molecule has 0 amide bonds. The van der Waals surface area contributed by atoms with Crippen LogP contribution in [0.5, 0.6) is 0 Å². The van der Waals surface area contributed by atoms with Gasteiger partial charge in [-0.3, -0.25) is 4.68 Å². The molecule has 0 aliphatic heterocycles. The lowest BCUT2D eigenvalue weighted by molar-refractivity contribution is 0.0690. The van der Waals surface area contributed by atoms with Gasteiger partial charge in [0.05, 0.1) is 19.3 Å². The Morgan fingerprint density at radius 3 is 2.23 bits per heavy atom. The molecular formula is C14H14ClN5O2. The highest BCUT2D eigenvalue weighted by molar-refractivity contribution is 5.85. The number of hydrogen-bond donors (Lipinski definition) is 1. The summed E-state index contributed by atoms with van der Waals surface area (Å²) in [6.07, 6.45) is 5.08. The maximum atomic E-state index is 10.7. The molecule has 0 atom stereocenters. The normalized spacial score (nSPS) is 10.2. The van der Waals surface area contributed by atoms with Crippen LogP contribution in [0, 0.1) is 0 Å². The molecule has 114 valence electrons. The SMILES string of the molecule is Cl.O=C(O)c1cn(Cc2ccc(Cn3cccn3)cc2)nn1. The van der Waals surface area contributed by atoms with E-state index in [-0.39, 0.29) is 18.1 Å². The average molecular weight is 320 g/mol. The van der Waals surface area contributed by atoms with Crippen LogP contribution in [0.2, 0.25) is 0 Å². The van der Waals surface area contributed by atoms with Gasteiger partial charge in [0.2, 0.25) is 0 Å². The maximum absolute atomic E-state index is 10.7. The highest BCUT2D eigenvalue weighted by Crippen LogP contribution is 2.08. The molecule has 0 radical (unpaired) electrons. The first-order chi connectivity index (χ1) is 10.2. The Morgan fingerprint density at radius 2 is 1.73 bits per heavy atom. The topological polar surface area (TPSA) is 85.8 Å². The zero-order valence-electron chi connectivity index (χ0n) is 11.5. The molecule has 7 nitrogen and oxygen atoms in total. The summed E-state index contributed by atoms with van der Waals surface area (Å²) < 4.78 is 3.36. The van der Waals surface area contributed by atoms with Gasteiger partial charge >= 0.3 is 5.97 Å². The Morgan fingerprint density at radius 1 is 1.09 bits per heavy atom. The van der Waals surface area contributed by atoms with Crippen LogP contribution in [-0.2, 0) is 13.1 Å². The average Bonchev–Trinajstić information content (AvgIpc) is 3.12. The monoisotopic (exact) mass is 319 g/mol. The van der Waals surface area contributed by atoms with Gasteiger partial charge < -0.3 is 5.11 Å². The largest absolute Gasteiger partial charge is 0.476 e. The summed E-state index contributed by atoms with van der Waals surface area (Å²) in [6.45, 7) is 1.21. The summed E-state index contributed by atoms with van der Waals surface area (Å²) in [5.74, 6) is -1.07. The van der Waals surface area contributed by atoms with Crippen molar-refractivity contribution in [3.8, 4) is 0 Å². The fourth-order valence-corrected chi connectivity index (χ4v) is 1.99. The van der Waals surface area contributed by atoms with E-state index in [9.17, 15) is 4.79 Å². The standard InChI is InChI=1S/C14H13N5O2.ClH/c20-14(21)13-10-19(17-16-13)9-12-4-2-11(3-5-12)8-18-7-1-6-15-18;/h1-7,10H,8-9H2,(H,20,21);1H. The first-order valence-corrected chi connectivity index (χ1v) is 6.39. The number of aromatic nitrogens is 5. The summed E-state index contributed by atoms with van der Waals surface area (Å²) in [5.41, 5.74) is 2.12. The molecule has 2 aromatic heterocycles. The maximum Gasteiger partial charge on any atom is 0.358 e. The van der Waals surface area contributed by atoms with Crippen molar-refractivity contribution >= 4 is 18.4 Å². The molecule has 0 saturated heterocycles. The number of hydrogen-bond acceptors (Lipinski definition) is 4. The van der Waals surface area contributed by atoms with E-state index < -0.39 is 5.97 Å². The highest BCUT2D eigenvalue weighted by Gasteiger charge is 2.08. The van der Waals surface area contributed by atoms with Crippen LogP contribution in [0.25, 0.3) is 0 Å². The van der Waals surface area contributed by atoms with E-state index >= 15 is 0 Å². The smallest absolute Gasteiger partial charge is 0.358 e. The van der Waals surface area contributed by atoms with Crippen LogP contribution in [-0.4, -0.2) is 35.9 Å². The van der Waals surface area contributed by atoms with Crippen LogP contribution in [0.4, 0.5) is 0 Å². The highest BCUT2D eigenvalue weighted by atomic mass is 35.5. The minimum atomic E-state index is -1.07. The number of carboxylic acids is 1. The zero-order chi connectivity index (χ0) is 14.7. The number of halogens is 1. The Labute approximate surface area is 132 Å². The fraction of sp³-hybridized carbons (Fsp3) is 0.143. The van der Waals surface area contributed by atoms with Crippen molar-refractivity contribution in [2.45, 2.75) is 13.1 Å². The molecule has 22 heavy (non-hydrogen) atoms. The van der Waals surface area contributed by atoms with Crippen molar-refractivity contribution < 1.29 is 9.90 Å². The lowest BCUT2D eigenvalue weighted by Gasteiger charge is -2.04. The third-order valence-corrected chi connectivity index (χ3v) is 3.03. The molecule has 0 aliphatic carbocycles. The van der Waals surface area contributed by atoms with E-state index in [0.29, 0.717) is 6.54 Å². The van der Waals surface area contributed by atoms with E-state index in [1.807, 2.05) is 41.2 Å². The molecule has 0 fully saturated rings. The molecule has 3 aromatic rings. The van der Waals surface area contributed by atoms with Crippen molar-refractivity contribution in [2.75, 3.05) is 0 Å². The van der Waals surface area contributed by atoms with Gasteiger partial charge in [-0.25, -0.2) is 9.48 Å². The van der Waals surface area contributed by atoms with E-state index in [2.05, 4.69) is 15.4 Å². The number of aromatic carboxylic acids is 1.